The lowest BCUT2D eigenvalue weighted by Crippen LogP contribution is -2.53. The van der Waals surface area contributed by atoms with E-state index in [1.165, 1.54) is 50.6 Å². The Morgan fingerprint density at radius 3 is 2.76 bits per heavy atom. The molecule has 0 aliphatic heterocycles. The number of fused-ring (bicyclic) bond motifs is 5. The van der Waals surface area contributed by atoms with Crippen molar-refractivity contribution in [3.8, 4) is 0 Å². The molecule has 0 spiro atoms. The van der Waals surface area contributed by atoms with Gasteiger partial charge in [0.05, 0.1) is 6.33 Å². The highest BCUT2D eigenvalue weighted by atomic mass is 15.0. The number of hydrogen-bond donors (Lipinski definition) is 0. The zero-order chi connectivity index (χ0) is 17.3. The molecule has 4 aliphatic carbocycles. The van der Waals surface area contributed by atoms with Gasteiger partial charge in [0.25, 0.3) is 0 Å². The van der Waals surface area contributed by atoms with Crippen LogP contribution in [-0.2, 0) is 0 Å². The van der Waals surface area contributed by atoms with Gasteiger partial charge in [-0.15, -0.1) is 0 Å². The Kier molecular flexibility index (Phi) is 3.13. The average Bonchev–Trinajstić information content (AvgIpc) is 3.22. The van der Waals surface area contributed by atoms with Crippen molar-refractivity contribution in [3.05, 3.63) is 48.1 Å². The van der Waals surface area contributed by atoms with E-state index in [0.29, 0.717) is 16.7 Å². The molecule has 4 atom stereocenters. The number of hydrogen-bond acceptors (Lipinski definition) is 1. The Labute approximate surface area is 151 Å². The molecule has 132 valence electrons. The molecule has 0 amide bonds. The van der Waals surface area contributed by atoms with Gasteiger partial charge in [-0.05, 0) is 61.3 Å². The smallest absolute Gasteiger partial charge is 0.0989 e. The Morgan fingerprint density at radius 1 is 1.08 bits per heavy atom. The van der Waals surface area contributed by atoms with Crippen molar-refractivity contribution in [2.75, 3.05) is 0 Å². The first-order valence-electron chi connectivity index (χ1n) is 10.1. The first-order chi connectivity index (χ1) is 12.0. The molecule has 1 aromatic rings. The highest BCUT2D eigenvalue weighted by Crippen LogP contribution is 2.69. The molecule has 2 heteroatoms. The van der Waals surface area contributed by atoms with Crippen LogP contribution in [-0.4, -0.2) is 9.55 Å². The van der Waals surface area contributed by atoms with E-state index in [1.807, 2.05) is 12.5 Å². The lowest BCUT2D eigenvalue weighted by molar-refractivity contribution is -0.0210. The minimum absolute atomic E-state index is 0.182. The van der Waals surface area contributed by atoms with Gasteiger partial charge in [0.15, 0.2) is 0 Å². The number of imidazole rings is 1. The monoisotopic (exact) mass is 334 g/mol. The summed E-state index contributed by atoms with van der Waals surface area (Å²) in [6.07, 6.45) is 22.8. The van der Waals surface area contributed by atoms with E-state index in [-0.39, 0.29) is 5.41 Å². The minimum atomic E-state index is 0.182. The lowest BCUT2D eigenvalue weighted by atomic mass is 9.42. The SMILES string of the molecule is C[C@]12CC[C@@]3(C)[C@@H](CC=C4CCCC[C@@]43C)C1=CC=C2n1ccnc1. The predicted octanol–water partition coefficient (Wildman–Crippen LogP) is 6.00. The predicted molar refractivity (Wildman–Crippen MR) is 103 cm³/mol. The minimum Gasteiger partial charge on any atom is -0.309 e. The lowest BCUT2D eigenvalue weighted by Gasteiger charge is -2.62. The van der Waals surface area contributed by atoms with Crippen LogP contribution in [0.2, 0.25) is 0 Å². The molecular weight excluding hydrogens is 304 g/mol. The molecule has 0 saturated heterocycles. The molecule has 1 heterocycles. The zero-order valence-electron chi connectivity index (χ0n) is 15.9. The van der Waals surface area contributed by atoms with Crippen LogP contribution in [0.1, 0.15) is 65.7 Å². The molecule has 5 rings (SSSR count). The van der Waals surface area contributed by atoms with E-state index in [2.05, 4.69) is 54.7 Å². The van der Waals surface area contributed by atoms with Crippen LogP contribution in [0.5, 0.6) is 0 Å². The van der Waals surface area contributed by atoms with Gasteiger partial charge in [0.2, 0.25) is 0 Å². The number of nitrogens with zero attached hydrogens (tertiary/aromatic N) is 2. The maximum absolute atomic E-state index is 4.29. The number of aromatic nitrogens is 2. The zero-order valence-corrected chi connectivity index (χ0v) is 15.9. The van der Waals surface area contributed by atoms with Crippen LogP contribution in [0.4, 0.5) is 0 Å². The van der Waals surface area contributed by atoms with E-state index in [4.69, 9.17) is 0 Å². The van der Waals surface area contributed by atoms with Crippen molar-refractivity contribution in [2.24, 2.45) is 22.2 Å². The molecule has 2 saturated carbocycles. The Morgan fingerprint density at radius 2 is 1.96 bits per heavy atom. The normalized spacial score (nSPS) is 42.7. The molecule has 4 aliphatic rings. The summed E-state index contributed by atoms with van der Waals surface area (Å²) < 4.78 is 2.23. The van der Waals surface area contributed by atoms with Crippen molar-refractivity contribution >= 4 is 5.70 Å². The van der Waals surface area contributed by atoms with Crippen molar-refractivity contribution in [1.29, 1.82) is 0 Å². The van der Waals surface area contributed by atoms with E-state index < -0.39 is 0 Å². The molecule has 25 heavy (non-hydrogen) atoms. The van der Waals surface area contributed by atoms with Crippen LogP contribution in [0, 0.1) is 22.2 Å². The van der Waals surface area contributed by atoms with Gasteiger partial charge in [-0.3, -0.25) is 0 Å². The van der Waals surface area contributed by atoms with E-state index >= 15 is 0 Å². The largest absolute Gasteiger partial charge is 0.309 e. The van der Waals surface area contributed by atoms with Crippen molar-refractivity contribution in [2.45, 2.75) is 65.7 Å². The number of rotatable bonds is 1. The van der Waals surface area contributed by atoms with Crippen molar-refractivity contribution in [3.63, 3.8) is 0 Å². The third-order valence-corrected chi connectivity index (χ3v) is 8.64. The van der Waals surface area contributed by atoms with E-state index in [0.717, 1.165) is 0 Å². The van der Waals surface area contributed by atoms with Gasteiger partial charge >= 0.3 is 0 Å². The van der Waals surface area contributed by atoms with Crippen LogP contribution in [0.3, 0.4) is 0 Å². The molecule has 2 nitrogen and oxygen atoms in total. The van der Waals surface area contributed by atoms with Crippen LogP contribution >= 0.6 is 0 Å². The molecule has 0 N–H and O–H groups in total. The highest BCUT2D eigenvalue weighted by molar-refractivity contribution is 5.66. The quantitative estimate of drug-likeness (QED) is 0.576. The van der Waals surface area contributed by atoms with Crippen LogP contribution in [0.25, 0.3) is 5.70 Å². The topological polar surface area (TPSA) is 17.8 Å². The van der Waals surface area contributed by atoms with Gasteiger partial charge in [-0.25, -0.2) is 4.98 Å². The summed E-state index contributed by atoms with van der Waals surface area (Å²) in [6, 6.07) is 0. The Balaban J connectivity index is 1.57. The summed E-state index contributed by atoms with van der Waals surface area (Å²) >= 11 is 0. The Hall–Kier alpha value is -1.57. The fraction of sp³-hybridized carbons (Fsp3) is 0.609. The third kappa shape index (κ3) is 1.83. The molecule has 1 aromatic heterocycles. The van der Waals surface area contributed by atoms with Gasteiger partial charge in [0.1, 0.15) is 0 Å². The summed E-state index contributed by atoms with van der Waals surface area (Å²) in [5, 5.41) is 0. The second kappa shape index (κ2) is 4.99. The van der Waals surface area contributed by atoms with Gasteiger partial charge < -0.3 is 4.57 Å². The van der Waals surface area contributed by atoms with Gasteiger partial charge in [-0.2, -0.15) is 0 Å². The summed E-state index contributed by atoms with van der Waals surface area (Å²) in [4.78, 5) is 4.29. The second-order valence-corrected chi connectivity index (χ2v) is 9.45. The first kappa shape index (κ1) is 15.7. The molecular formula is C23H30N2. The maximum Gasteiger partial charge on any atom is 0.0989 e. The Bertz CT molecular complexity index is 796. The standard InChI is InChI=1S/C23H30N2/c1-21-12-13-23(3)19(8-7-17-6-4-5-11-22(17,23)2)18(21)9-10-20(21)25-15-14-24-16-25/h7,9-10,14-16,19H,4-6,8,11-13H2,1-3H3/t19-,21-,22-,23-/m0/s1. The fourth-order valence-electron chi connectivity index (χ4n) is 6.78. The summed E-state index contributed by atoms with van der Waals surface area (Å²) in [5.41, 5.74) is 5.90. The second-order valence-electron chi connectivity index (χ2n) is 9.45. The average molecular weight is 335 g/mol. The number of allylic oxidation sites excluding steroid dienone is 6. The van der Waals surface area contributed by atoms with Crippen LogP contribution in [0.15, 0.2) is 48.1 Å². The van der Waals surface area contributed by atoms with Crippen LogP contribution < -0.4 is 0 Å². The molecule has 0 aromatic carbocycles. The molecule has 2 fully saturated rings. The molecule has 0 unspecified atom stereocenters. The van der Waals surface area contributed by atoms with Gasteiger partial charge in [0, 0.05) is 23.5 Å². The van der Waals surface area contributed by atoms with E-state index in [1.54, 1.807) is 11.1 Å². The summed E-state index contributed by atoms with van der Waals surface area (Å²) in [7, 11) is 0. The summed E-state index contributed by atoms with van der Waals surface area (Å²) in [5.74, 6) is 0.690. The highest BCUT2D eigenvalue weighted by Gasteiger charge is 2.60. The van der Waals surface area contributed by atoms with E-state index in [9.17, 15) is 0 Å². The fourth-order valence-corrected chi connectivity index (χ4v) is 6.78. The van der Waals surface area contributed by atoms with Gasteiger partial charge in [-0.1, -0.05) is 50.5 Å². The summed E-state index contributed by atoms with van der Waals surface area (Å²) in [6.45, 7) is 7.68. The van der Waals surface area contributed by atoms with Crippen molar-refractivity contribution in [1.82, 2.24) is 9.55 Å². The maximum atomic E-state index is 4.29. The first-order valence-corrected chi connectivity index (χ1v) is 10.1. The molecule has 0 bridgehead atoms. The van der Waals surface area contributed by atoms with Crippen molar-refractivity contribution < 1.29 is 0 Å². The molecule has 0 radical (unpaired) electrons. The third-order valence-electron chi connectivity index (χ3n) is 8.64.